The highest BCUT2D eigenvalue weighted by molar-refractivity contribution is 5.71. The van der Waals surface area contributed by atoms with Crippen LogP contribution in [0.3, 0.4) is 0 Å². The molecule has 0 saturated carbocycles. The van der Waals surface area contributed by atoms with Crippen molar-refractivity contribution in [1.82, 2.24) is 0 Å². The number of carboxylic acids is 1. The summed E-state index contributed by atoms with van der Waals surface area (Å²) in [5.41, 5.74) is 0. The van der Waals surface area contributed by atoms with Crippen molar-refractivity contribution in [1.29, 1.82) is 0 Å². The van der Waals surface area contributed by atoms with Crippen molar-refractivity contribution in [3.63, 3.8) is 0 Å². The number of unbranched alkanes of at least 4 members (excludes halogenated alkanes) is 36. The molecule has 0 bridgehead atoms. The van der Waals surface area contributed by atoms with Crippen molar-refractivity contribution in [3.8, 4) is 0 Å². The van der Waals surface area contributed by atoms with Gasteiger partial charge in [-0.15, -0.1) is 0 Å². The lowest BCUT2D eigenvalue weighted by Crippen LogP contribution is -2.40. The molecule has 0 aliphatic heterocycles. The second kappa shape index (κ2) is 52.1. The molecule has 69 heavy (non-hydrogen) atoms. The normalized spacial score (nSPS) is 12.9. The van der Waals surface area contributed by atoms with Crippen LogP contribution in [-0.2, 0) is 33.3 Å². The number of ether oxygens (including phenoxy) is 4. The Morgan fingerprint density at radius 2 is 0.812 bits per heavy atom. The summed E-state index contributed by atoms with van der Waals surface area (Å²) in [6.07, 6.45) is 58.6. The first-order valence-corrected chi connectivity index (χ1v) is 29.5. The van der Waals surface area contributed by atoms with Crippen molar-refractivity contribution in [2.24, 2.45) is 0 Å². The van der Waals surface area contributed by atoms with Crippen molar-refractivity contribution >= 4 is 17.9 Å². The minimum atomic E-state index is -1.51. The molecule has 2 atom stereocenters. The van der Waals surface area contributed by atoms with Gasteiger partial charge in [0.25, 0.3) is 6.29 Å². The maximum atomic E-state index is 12.8. The van der Waals surface area contributed by atoms with E-state index in [1.165, 1.54) is 186 Å². The topological polar surface area (TPSA) is 108 Å². The first kappa shape index (κ1) is 66.8. The second-order valence-electron chi connectivity index (χ2n) is 21.3. The summed E-state index contributed by atoms with van der Waals surface area (Å²) < 4.78 is 22.8. The molecule has 0 heterocycles. The maximum absolute atomic E-state index is 12.8. The molecule has 0 radical (unpaired) electrons. The Morgan fingerprint density at radius 1 is 0.435 bits per heavy atom. The first-order chi connectivity index (χ1) is 33.6. The molecule has 0 amide bonds. The first-order valence-electron chi connectivity index (χ1n) is 29.5. The molecule has 9 nitrogen and oxygen atoms in total. The monoisotopic (exact) mass is 977 g/mol. The molecule has 0 aliphatic rings. The zero-order chi connectivity index (χ0) is 50.6. The molecule has 0 aromatic rings. The van der Waals surface area contributed by atoms with Crippen LogP contribution in [0.4, 0.5) is 0 Å². The number of rotatable bonds is 55. The summed E-state index contributed by atoms with van der Waals surface area (Å²) >= 11 is 0. The quantitative estimate of drug-likeness (QED) is 0.0211. The van der Waals surface area contributed by atoms with Crippen LogP contribution in [0.1, 0.15) is 284 Å². The molecule has 406 valence electrons. The number of hydrogen-bond acceptors (Lipinski definition) is 7. The number of nitrogens with zero attached hydrogens (tertiary/aromatic N) is 1. The van der Waals surface area contributed by atoms with Crippen LogP contribution < -0.4 is 0 Å². The molecular weight excluding hydrogens is 863 g/mol. The summed E-state index contributed by atoms with van der Waals surface area (Å²) in [6, 6.07) is 0. The Balaban J connectivity index is 4.02. The highest BCUT2D eigenvalue weighted by atomic mass is 16.7. The molecule has 0 aromatic heterocycles. The molecule has 2 unspecified atom stereocenters. The SMILES string of the molecule is CCC/C=C\C/C=C\CCCCCCCC(=O)OC(COC(=O)CCCCCCCCCCCCCCCCCCCCCCCCCCCCCCCCC)COC(OCC[N+](C)(C)C)C(=O)O. The molecule has 0 saturated heterocycles. The van der Waals surface area contributed by atoms with Crippen LogP contribution in [0, 0.1) is 0 Å². The Kier molecular flexibility index (Phi) is 50.4. The van der Waals surface area contributed by atoms with E-state index in [0.29, 0.717) is 23.9 Å². The molecule has 1 N–H and O–H groups in total. The van der Waals surface area contributed by atoms with Gasteiger partial charge < -0.3 is 28.5 Å². The largest absolute Gasteiger partial charge is 0.477 e. The molecule has 0 aliphatic carbocycles. The van der Waals surface area contributed by atoms with Crippen molar-refractivity contribution in [3.05, 3.63) is 24.3 Å². The zero-order valence-electron chi connectivity index (χ0n) is 46.2. The van der Waals surface area contributed by atoms with Crippen molar-refractivity contribution in [2.75, 3.05) is 47.5 Å². The van der Waals surface area contributed by atoms with E-state index in [1.807, 2.05) is 21.1 Å². The Labute approximate surface area is 427 Å². The van der Waals surface area contributed by atoms with Gasteiger partial charge in [0, 0.05) is 12.8 Å². The predicted molar refractivity (Wildman–Crippen MR) is 291 cm³/mol. The number of esters is 2. The van der Waals surface area contributed by atoms with Gasteiger partial charge >= 0.3 is 17.9 Å². The van der Waals surface area contributed by atoms with Crippen LogP contribution in [0.5, 0.6) is 0 Å². The fourth-order valence-corrected chi connectivity index (χ4v) is 8.64. The van der Waals surface area contributed by atoms with E-state index >= 15 is 0 Å². The number of carbonyl (C=O) groups is 3. The molecule has 0 rings (SSSR count). The molecule has 0 fully saturated rings. The highest BCUT2D eigenvalue weighted by Gasteiger charge is 2.25. The summed E-state index contributed by atoms with van der Waals surface area (Å²) in [6.45, 7) is 4.83. The average Bonchev–Trinajstić information content (AvgIpc) is 3.31. The number of allylic oxidation sites excluding steroid dienone is 4. The third kappa shape index (κ3) is 53.4. The van der Waals surface area contributed by atoms with Crippen molar-refractivity contribution < 1.29 is 42.9 Å². The van der Waals surface area contributed by atoms with E-state index in [2.05, 4.69) is 38.2 Å². The fourth-order valence-electron chi connectivity index (χ4n) is 8.64. The third-order valence-electron chi connectivity index (χ3n) is 13.2. The van der Waals surface area contributed by atoms with Crippen LogP contribution >= 0.6 is 0 Å². The summed E-state index contributed by atoms with van der Waals surface area (Å²) in [7, 11) is 5.96. The van der Waals surface area contributed by atoms with Gasteiger partial charge in [-0.2, -0.15) is 0 Å². The molecule has 0 aromatic carbocycles. The number of quaternary nitrogens is 1. The predicted octanol–water partition coefficient (Wildman–Crippen LogP) is 17.1. The summed E-state index contributed by atoms with van der Waals surface area (Å²) in [4.78, 5) is 37.3. The number of hydrogen-bond donors (Lipinski definition) is 1. The van der Waals surface area contributed by atoms with Gasteiger partial charge in [0.05, 0.1) is 34.4 Å². The van der Waals surface area contributed by atoms with Crippen molar-refractivity contribution in [2.45, 2.75) is 296 Å². The average molecular weight is 978 g/mol. The summed E-state index contributed by atoms with van der Waals surface area (Å²) in [5, 5.41) is 9.68. The Bertz CT molecular complexity index is 1180. The van der Waals surface area contributed by atoms with Crippen LogP contribution in [0.15, 0.2) is 24.3 Å². The standard InChI is InChI=1S/C60H113NO8/c1-6-8-10-12-14-16-18-20-21-22-23-24-25-26-27-28-29-30-31-32-33-34-35-36-37-39-40-42-44-46-48-50-57(62)67-54-56(55-68-60(59(64)65)66-53-52-61(3,4)5)69-58(63)51-49-47-45-43-41-38-19-17-15-13-11-9-7-2/h11,13,17,19,56,60H,6-10,12,14-16,18,20-55H2,1-5H3/p+1/b13-11-,19-17-. The molecule has 9 heteroatoms. The van der Waals surface area contributed by atoms with Gasteiger partial charge in [-0.05, 0) is 38.5 Å². The van der Waals surface area contributed by atoms with Crippen LogP contribution in [0.2, 0.25) is 0 Å². The van der Waals surface area contributed by atoms with Gasteiger partial charge in [0.2, 0.25) is 0 Å². The lowest BCUT2D eigenvalue weighted by Gasteiger charge is -2.25. The lowest BCUT2D eigenvalue weighted by atomic mass is 10.0. The van der Waals surface area contributed by atoms with Gasteiger partial charge in [-0.1, -0.05) is 256 Å². The van der Waals surface area contributed by atoms with E-state index in [-0.39, 0.29) is 32.2 Å². The van der Waals surface area contributed by atoms with E-state index in [9.17, 15) is 19.5 Å². The summed E-state index contributed by atoms with van der Waals surface area (Å²) in [5.74, 6) is -2.01. The number of likely N-dealkylation sites (N-methyl/N-ethyl adjacent to an activating group) is 1. The van der Waals surface area contributed by atoms with Gasteiger partial charge in [0.1, 0.15) is 13.2 Å². The lowest BCUT2D eigenvalue weighted by molar-refractivity contribution is -0.870. The highest BCUT2D eigenvalue weighted by Crippen LogP contribution is 2.18. The van der Waals surface area contributed by atoms with E-state index in [1.54, 1.807) is 0 Å². The van der Waals surface area contributed by atoms with Crippen LogP contribution in [0.25, 0.3) is 0 Å². The molecular formula is C60H114NO8+. The van der Waals surface area contributed by atoms with Crippen LogP contribution in [-0.4, -0.2) is 87.4 Å². The number of carbonyl (C=O) groups excluding carboxylic acids is 2. The second-order valence-corrected chi connectivity index (χ2v) is 21.3. The van der Waals surface area contributed by atoms with E-state index in [4.69, 9.17) is 18.9 Å². The van der Waals surface area contributed by atoms with Gasteiger partial charge in [-0.3, -0.25) is 9.59 Å². The fraction of sp³-hybridized carbons (Fsp3) is 0.883. The van der Waals surface area contributed by atoms with Gasteiger partial charge in [0.15, 0.2) is 6.10 Å². The smallest absolute Gasteiger partial charge is 0.361 e. The minimum Gasteiger partial charge on any atom is -0.477 e. The molecule has 0 spiro atoms. The van der Waals surface area contributed by atoms with Gasteiger partial charge in [-0.25, -0.2) is 4.79 Å². The minimum absolute atomic E-state index is 0.183. The Hall–Kier alpha value is -2.23. The van der Waals surface area contributed by atoms with E-state index < -0.39 is 24.3 Å². The Morgan fingerprint density at radius 3 is 1.20 bits per heavy atom. The zero-order valence-corrected chi connectivity index (χ0v) is 46.2. The number of carboxylic acid groups (broad SMARTS) is 1. The maximum Gasteiger partial charge on any atom is 0.361 e. The third-order valence-corrected chi connectivity index (χ3v) is 13.2. The number of aliphatic carboxylic acids is 1. The van der Waals surface area contributed by atoms with E-state index in [0.717, 1.165) is 64.2 Å².